The molecule has 17 nitrogen and oxygen atoms in total. The third-order valence-corrected chi connectivity index (χ3v) is 11.9. The van der Waals surface area contributed by atoms with E-state index in [2.05, 4.69) is 20.3 Å². The Balaban J connectivity index is 1.20. The van der Waals surface area contributed by atoms with Crippen LogP contribution in [0.4, 0.5) is 5.82 Å². The fourth-order valence-electron chi connectivity index (χ4n) is 7.58. The molecule has 5 atom stereocenters. The van der Waals surface area contributed by atoms with Crippen molar-refractivity contribution in [2.75, 3.05) is 33.0 Å². The molecule has 0 radical (unpaired) electrons. The summed E-state index contributed by atoms with van der Waals surface area (Å²) in [6.45, 7) is 1.34. The Morgan fingerprint density at radius 3 is 2.08 bits per heavy atom. The van der Waals surface area contributed by atoms with Crippen LogP contribution in [-0.4, -0.2) is 70.4 Å². The van der Waals surface area contributed by atoms with Crippen molar-refractivity contribution in [2.24, 2.45) is 5.92 Å². The molecule has 3 aromatic heterocycles. The predicted molar refractivity (Wildman–Crippen MR) is 232 cm³/mol. The van der Waals surface area contributed by atoms with Gasteiger partial charge in [0.05, 0.1) is 33.7 Å². The minimum absolute atomic E-state index is 0.0512. The fraction of sp³-hybridized carbons (Fsp3) is 0.239. The van der Waals surface area contributed by atoms with Crippen molar-refractivity contribution in [3.05, 3.63) is 173 Å². The van der Waals surface area contributed by atoms with Gasteiger partial charge in [-0.05, 0) is 53.1 Å². The Bertz CT molecular complexity index is 2700. The Morgan fingerprint density at radius 2 is 1.45 bits per heavy atom. The minimum Gasteiger partial charge on any atom is -0.618 e. The van der Waals surface area contributed by atoms with Crippen molar-refractivity contribution in [1.29, 1.82) is 0 Å². The number of pyridine rings is 1. The highest BCUT2D eigenvalue weighted by atomic mass is 31.2. The maximum absolute atomic E-state index is 13.5. The molecule has 330 valence electrons. The van der Waals surface area contributed by atoms with Crippen molar-refractivity contribution in [3.8, 4) is 17.2 Å². The van der Waals surface area contributed by atoms with Gasteiger partial charge in [0, 0.05) is 17.5 Å². The van der Waals surface area contributed by atoms with Crippen molar-refractivity contribution >= 4 is 30.5 Å². The van der Waals surface area contributed by atoms with Gasteiger partial charge in [0.1, 0.15) is 41.9 Å². The van der Waals surface area contributed by atoms with E-state index in [-0.39, 0.29) is 17.0 Å². The minimum atomic E-state index is -4.50. The average molecular weight is 889 g/mol. The summed E-state index contributed by atoms with van der Waals surface area (Å²) in [4.78, 5) is 37.8. The first kappa shape index (κ1) is 43.9. The quantitative estimate of drug-likeness (QED) is 0.0410. The predicted octanol–water partition coefficient (Wildman–Crippen LogP) is 6.98. The van der Waals surface area contributed by atoms with Gasteiger partial charge in [0.15, 0.2) is 42.0 Å². The van der Waals surface area contributed by atoms with E-state index in [9.17, 15) is 19.5 Å². The van der Waals surface area contributed by atoms with E-state index in [1.54, 1.807) is 43.1 Å². The number of amides is 1. The van der Waals surface area contributed by atoms with Gasteiger partial charge in [-0.1, -0.05) is 79.7 Å². The summed E-state index contributed by atoms with van der Waals surface area (Å²) >= 11 is 0. The number of carbonyl (C=O) groups is 1. The number of methoxy groups -OCH3 is 3. The Morgan fingerprint density at radius 1 is 0.844 bits per heavy atom. The number of carbonyl (C=O) groups excluding carboxylic acids is 1. The fourth-order valence-corrected chi connectivity index (χ4v) is 8.33. The first-order valence-electron chi connectivity index (χ1n) is 20.1. The molecule has 1 fully saturated rings. The largest absolute Gasteiger partial charge is 0.618 e. The van der Waals surface area contributed by atoms with Gasteiger partial charge in [-0.15, -0.1) is 0 Å². The van der Waals surface area contributed by atoms with E-state index >= 15 is 0 Å². The van der Waals surface area contributed by atoms with Gasteiger partial charge in [0.25, 0.3) is 5.91 Å². The molecule has 1 aliphatic heterocycles. The lowest BCUT2D eigenvalue weighted by molar-refractivity contribution is -0.616. The number of imidazole rings is 1. The van der Waals surface area contributed by atoms with Crippen LogP contribution in [0.15, 0.2) is 140 Å². The number of hydrogen-bond donors (Lipinski definition) is 2. The number of fused-ring (bicyclic) bond motifs is 1. The van der Waals surface area contributed by atoms with Crippen LogP contribution in [0, 0.1) is 11.1 Å². The second kappa shape index (κ2) is 18.9. The lowest BCUT2D eigenvalue weighted by atomic mass is 9.79. The molecule has 4 heterocycles. The maximum Gasteiger partial charge on any atom is 0.354 e. The molecule has 2 N–H and O–H groups in total. The molecule has 0 saturated carbocycles. The van der Waals surface area contributed by atoms with Crippen molar-refractivity contribution in [3.63, 3.8) is 0 Å². The smallest absolute Gasteiger partial charge is 0.354 e. The molecule has 4 aromatic carbocycles. The van der Waals surface area contributed by atoms with Crippen LogP contribution in [0.25, 0.3) is 11.2 Å². The number of ether oxygens (including phenoxy) is 6. The molecule has 1 saturated heterocycles. The summed E-state index contributed by atoms with van der Waals surface area (Å²) in [6.07, 6.45) is 0.0879. The summed E-state index contributed by atoms with van der Waals surface area (Å²) in [5, 5.41) is 15.3. The van der Waals surface area contributed by atoms with Gasteiger partial charge < -0.3 is 43.8 Å². The van der Waals surface area contributed by atoms with Gasteiger partial charge in [-0.25, -0.2) is 15.0 Å². The van der Waals surface area contributed by atoms with E-state index in [0.29, 0.717) is 33.2 Å². The average Bonchev–Trinajstić information content (AvgIpc) is 3.90. The molecule has 7 aromatic rings. The normalized spacial score (nSPS) is 18.3. The summed E-state index contributed by atoms with van der Waals surface area (Å²) in [5.41, 5.74) is 1.95. The molecule has 2 unspecified atom stereocenters. The van der Waals surface area contributed by atoms with Crippen LogP contribution in [0.5, 0.6) is 17.2 Å². The second-order valence-corrected chi connectivity index (χ2v) is 16.6. The number of aromatic nitrogens is 5. The zero-order valence-corrected chi connectivity index (χ0v) is 36.1. The highest BCUT2D eigenvalue weighted by Gasteiger charge is 2.51. The highest BCUT2D eigenvalue weighted by molar-refractivity contribution is 7.52. The lowest BCUT2D eigenvalue weighted by Gasteiger charge is -2.40. The number of anilines is 1. The van der Waals surface area contributed by atoms with E-state index < -0.39 is 56.6 Å². The summed E-state index contributed by atoms with van der Waals surface area (Å²) in [7, 11) is 0.116. The standard InChI is InChI=1S/C46H45N6O11P/c1-30-40(63-46(32-13-9-6-10-14-32,33-15-19-36(57-2)20-16-33)34-17-21-37(58-3)22-18-34)44(62-45(30)60-29-64(55,56)61-26-35-25-38(59-4)23-24-52(35)54)51-28-49-39-41(47-27-48-42(39)51)50-43(53)31-11-7-5-8-12-31/h5-25,27-28,30,40,44-45H,26,29H2,1-4H3,(H,55,56)(H,47,48,50,53)/t30?,40-,44+,45-/m0/s1. The zero-order chi connectivity index (χ0) is 44.8. The van der Waals surface area contributed by atoms with Gasteiger partial charge >= 0.3 is 7.60 Å². The summed E-state index contributed by atoms with van der Waals surface area (Å²) in [6, 6.07) is 36.3. The van der Waals surface area contributed by atoms with Gasteiger partial charge in [0.2, 0.25) is 5.69 Å². The maximum atomic E-state index is 13.5. The van der Waals surface area contributed by atoms with E-state index in [4.69, 9.17) is 32.9 Å². The Kier molecular flexibility index (Phi) is 13.0. The van der Waals surface area contributed by atoms with E-state index in [1.807, 2.05) is 91.9 Å². The first-order chi connectivity index (χ1) is 31.0. The molecule has 1 aliphatic rings. The molecule has 1 amide bonds. The summed E-state index contributed by atoms with van der Waals surface area (Å²) in [5.74, 6) is 0.752. The van der Waals surface area contributed by atoms with Crippen LogP contribution in [0.2, 0.25) is 0 Å². The van der Waals surface area contributed by atoms with Gasteiger partial charge in [-0.2, -0.15) is 4.73 Å². The molecular formula is C46H45N6O11P. The van der Waals surface area contributed by atoms with Crippen molar-refractivity contribution in [2.45, 2.75) is 37.8 Å². The van der Waals surface area contributed by atoms with Crippen LogP contribution in [0.3, 0.4) is 0 Å². The highest BCUT2D eigenvalue weighted by Crippen LogP contribution is 2.50. The number of hydrogen-bond acceptors (Lipinski definition) is 13. The van der Waals surface area contributed by atoms with Crippen LogP contribution < -0.4 is 24.3 Å². The molecule has 18 heteroatoms. The van der Waals surface area contributed by atoms with Crippen LogP contribution in [0.1, 0.15) is 45.9 Å². The van der Waals surface area contributed by atoms with E-state index in [0.717, 1.165) is 16.7 Å². The number of nitrogens with one attached hydrogen (secondary N) is 1. The molecule has 0 spiro atoms. The molecule has 0 aliphatic carbocycles. The Hall–Kier alpha value is -6.72. The number of benzene rings is 4. The Labute approximate surface area is 368 Å². The first-order valence-corrected chi connectivity index (χ1v) is 21.9. The van der Waals surface area contributed by atoms with E-state index in [1.165, 1.54) is 38.1 Å². The SMILES string of the molecule is COc1ccc(C(O[C@H]2C(C)[C@@H](OCP(=O)(O)OCc3cc(OC)cc[n+]3[O-])O[C@H]2n2cnc3c(NC(=O)c4ccccc4)ncnc32)(c2ccccc2)c2ccc(OC)cc2)cc1. The number of nitrogens with zero attached hydrogens (tertiary/aromatic N) is 5. The second-order valence-electron chi connectivity index (χ2n) is 14.8. The monoisotopic (exact) mass is 888 g/mol. The topological polar surface area (TPSA) is 202 Å². The molecule has 8 rings (SSSR count). The van der Waals surface area contributed by atoms with Gasteiger partial charge in [-0.3, -0.25) is 18.5 Å². The van der Waals surface area contributed by atoms with Crippen molar-refractivity contribution < 1.29 is 51.9 Å². The molecule has 64 heavy (non-hydrogen) atoms. The lowest BCUT2D eigenvalue weighted by Crippen LogP contribution is -2.41. The third-order valence-electron chi connectivity index (χ3n) is 10.9. The number of rotatable bonds is 17. The van der Waals surface area contributed by atoms with Crippen LogP contribution >= 0.6 is 7.60 Å². The van der Waals surface area contributed by atoms with Crippen molar-refractivity contribution in [1.82, 2.24) is 19.5 Å². The molecule has 0 bridgehead atoms. The zero-order valence-electron chi connectivity index (χ0n) is 35.2. The van der Waals surface area contributed by atoms with Crippen LogP contribution in [-0.2, 0) is 35.5 Å². The summed E-state index contributed by atoms with van der Waals surface area (Å²) < 4.78 is 57.7. The molecular weight excluding hydrogens is 844 g/mol. The third kappa shape index (κ3) is 9.03.